The van der Waals surface area contributed by atoms with Gasteiger partial charge in [0.2, 0.25) is 0 Å². The Morgan fingerprint density at radius 1 is 1.03 bits per heavy atom. The average molecular weight is 505 g/mol. The third-order valence-electron chi connectivity index (χ3n) is 6.52. The smallest absolute Gasteiger partial charge is 0.259 e. The molecule has 3 aromatic rings. The number of amides is 2. The van der Waals surface area contributed by atoms with Gasteiger partial charge in [0.1, 0.15) is 0 Å². The molecule has 0 spiro atoms. The monoisotopic (exact) mass is 504 g/mol. The number of benzene rings is 3. The lowest BCUT2D eigenvalue weighted by Gasteiger charge is -2.25. The summed E-state index contributed by atoms with van der Waals surface area (Å²) in [5.41, 5.74) is 4.49. The van der Waals surface area contributed by atoms with Crippen molar-refractivity contribution in [2.75, 3.05) is 43.9 Å². The van der Waals surface area contributed by atoms with Gasteiger partial charge >= 0.3 is 0 Å². The van der Waals surface area contributed by atoms with Crippen molar-refractivity contribution in [1.82, 2.24) is 10.2 Å². The summed E-state index contributed by atoms with van der Waals surface area (Å²) in [7, 11) is 4.12. The van der Waals surface area contributed by atoms with Gasteiger partial charge in [-0.05, 0) is 75.3 Å². The minimum atomic E-state index is -0.211. The molecule has 0 radical (unpaired) electrons. The Bertz CT molecular complexity index is 1240. The number of likely N-dealkylation sites (N-methyl/N-ethyl adjacent to an activating group) is 1. The Labute approximate surface area is 218 Å². The van der Waals surface area contributed by atoms with Crippen molar-refractivity contribution >= 4 is 34.8 Å². The predicted octanol–water partition coefficient (Wildman–Crippen LogP) is 5.53. The van der Waals surface area contributed by atoms with Crippen molar-refractivity contribution in [3.05, 3.63) is 94.0 Å². The minimum Gasteiger partial charge on any atom is -0.322 e. The number of fused-ring (bicyclic) bond motifs is 1. The van der Waals surface area contributed by atoms with Gasteiger partial charge in [0, 0.05) is 42.6 Å². The second kappa shape index (κ2) is 11.7. The summed E-state index contributed by atoms with van der Waals surface area (Å²) in [5, 5.41) is 6.85. The molecule has 7 heteroatoms. The maximum Gasteiger partial charge on any atom is 0.259 e. The van der Waals surface area contributed by atoms with Crippen LogP contribution in [0.2, 0.25) is 5.02 Å². The second-order valence-corrected chi connectivity index (χ2v) is 9.84. The molecule has 1 atom stereocenters. The fourth-order valence-electron chi connectivity index (χ4n) is 4.58. The number of nitrogens with zero attached hydrogens (tertiary/aromatic N) is 2. The molecule has 1 unspecified atom stereocenters. The van der Waals surface area contributed by atoms with Crippen molar-refractivity contribution < 1.29 is 9.59 Å². The van der Waals surface area contributed by atoms with E-state index in [9.17, 15) is 9.59 Å². The van der Waals surface area contributed by atoms with Gasteiger partial charge in [0.15, 0.2) is 0 Å². The van der Waals surface area contributed by atoms with Crippen LogP contribution in [0.1, 0.15) is 50.7 Å². The average Bonchev–Trinajstić information content (AvgIpc) is 3.03. The molecule has 0 aromatic heterocycles. The first-order valence-electron chi connectivity index (χ1n) is 12.3. The molecule has 2 amide bonds. The van der Waals surface area contributed by atoms with Crippen molar-refractivity contribution in [1.29, 1.82) is 0 Å². The third kappa shape index (κ3) is 5.95. The van der Waals surface area contributed by atoms with E-state index in [1.807, 2.05) is 48.2 Å². The number of halogens is 1. The molecule has 4 rings (SSSR count). The molecule has 3 aromatic carbocycles. The first-order valence-corrected chi connectivity index (χ1v) is 12.7. The summed E-state index contributed by atoms with van der Waals surface area (Å²) >= 11 is 6.58. The zero-order valence-electron chi connectivity index (χ0n) is 21.1. The van der Waals surface area contributed by atoms with Crippen LogP contribution < -0.4 is 15.5 Å². The Morgan fingerprint density at radius 3 is 2.53 bits per heavy atom. The van der Waals surface area contributed by atoms with Crippen LogP contribution in [0.4, 0.5) is 11.4 Å². The Hall–Kier alpha value is -3.19. The van der Waals surface area contributed by atoms with E-state index in [0.29, 0.717) is 28.4 Å². The normalized spacial score (nSPS) is 15.4. The highest BCUT2D eigenvalue weighted by atomic mass is 35.5. The van der Waals surface area contributed by atoms with Crippen LogP contribution in [0, 0.1) is 6.92 Å². The highest BCUT2D eigenvalue weighted by molar-refractivity contribution is 6.35. The number of para-hydroxylation sites is 1. The highest BCUT2D eigenvalue weighted by Crippen LogP contribution is 2.34. The van der Waals surface area contributed by atoms with Crippen molar-refractivity contribution in [3.63, 3.8) is 0 Å². The molecule has 36 heavy (non-hydrogen) atoms. The summed E-state index contributed by atoms with van der Waals surface area (Å²) < 4.78 is 0. The molecule has 1 aliphatic rings. The molecule has 0 bridgehead atoms. The van der Waals surface area contributed by atoms with Crippen molar-refractivity contribution in [2.45, 2.75) is 25.8 Å². The molecular weight excluding hydrogens is 472 g/mol. The number of hydrogen-bond acceptors (Lipinski definition) is 4. The molecular formula is C29H33ClN4O2. The highest BCUT2D eigenvalue weighted by Gasteiger charge is 2.28. The number of rotatable bonds is 7. The third-order valence-corrected chi connectivity index (χ3v) is 6.83. The summed E-state index contributed by atoms with van der Waals surface area (Å²) in [6.07, 6.45) is 1.83. The summed E-state index contributed by atoms with van der Waals surface area (Å²) in [6.45, 7) is 4.33. The van der Waals surface area contributed by atoms with Gasteiger partial charge in [0.05, 0.1) is 10.6 Å². The van der Waals surface area contributed by atoms with Gasteiger partial charge in [0.25, 0.3) is 11.8 Å². The molecule has 2 N–H and O–H groups in total. The first-order chi connectivity index (χ1) is 17.3. The molecule has 0 saturated carbocycles. The first kappa shape index (κ1) is 25.9. The number of anilines is 2. The largest absolute Gasteiger partial charge is 0.322 e. The Morgan fingerprint density at radius 2 is 1.78 bits per heavy atom. The summed E-state index contributed by atoms with van der Waals surface area (Å²) in [6, 6.07) is 20.7. The zero-order chi connectivity index (χ0) is 25.7. The Kier molecular flexibility index (Phi) is 8.41. The van der Waals surface area contributed by atoms with Gasteiger partial charge in [-0.25, -0.2) is 0 Å². The lowest BCUT2D eigenvalue weighted by Crippen LogP contribution is -2.32. The second-order valence-electron chi connectivity index (χ2n) is 9.43. The fraction of sp³-hybridized carbons (Fsp3) is 0.310. The van der Waals surface area contributed by atoms with E-state index in [4.69, 9.17) is 11.6 Å². The van der Waals surface area contributed by atoms with Crippen LogP contribution in [0.25, 0.3) is 0 Å². The van der Waals surface area contributed by atoms with Crippen LogP contribution in [-0.4, -0.2) is 50.4 Å². The number of aryl methyl sites for hydroxylation is 1. The molecule has 0 saturated heterocycles. The van der Waals surface area contributed by atoms with Crippen LogP contribution in [0.5, 0.6) is 0 Å². The number of carbonyl (C=O) groups excluding carboxylic acids is 2. The number of nitrogens with one attached hydrogen (secondary N) is 2. The predicted molar refractivity (Wildman–Crippen MR) is 147 cm³/mol. The zero-order valence-corrected chi connectivity index (χ0v) is 21.8. The molecule has 6 nitrogen and oxygen atoms in total. The van der Waals surface area contributed by atoms with Gasteiger partial charge in [-0.15, -0.1) is 0 Å². The van der Waals surface area contributed by atoms with Crippen LogP contribution in [0.3, 0.4) is 0 Å². The van der Waals surface area contributed by atoms with E-state index in [1.54, 1.807) is 24.3 Å². The van der Waals surface area contributed by atoms with Crippen LogP contribution >= 0.6 is 11.6 Å². The minimum absolute atomic E-state index is 0.141. The van der Waals surface area contributed by atoms with E-state index in [1.165, 1.54) is 0 Å². The summed E-state index contributed by atoms with van der Waals surface area (Å²) in [4.78, 5) is 30.3. The van der Waals surface area contributed by atoms with E-state index >= 15 is 0 Å². The molecule has 0 aliphatic carbocycles. The fourth-order valence-corrected chi connectivity index (χ4v) is 4.84. The van der Waals surface area contributed by atoms with Crippen LogP contribution in [-0.2, 0) is 0 Å². The molecule has 1 heterocycles. The van der Waals surface area contributed by atoms with Crippen molar-refractivity contribution in [2.24, 2.45) is 0 Å². The van der Waals surface area contributed by atoms with E-state index in [2.05, 4.69) is 35.7 Å². The Balaban J connectivity index is 1.53. The van der Waals surface area contributed by atoms with Gasteiger partial charge in [-0.1, -0.05) is 48.0 Å². The lowest BCUT2D eigenvalue weighted by atomic mass is 10.0. The van der Waals surface area contributed by atoms with E-state index in [-0.39, 0.29) is 17.9 Å². The van der Waals surface area contributed by atoms with Gasteiger partial charge < -0.3 is 20.4 Å². The van der Waals surface area contributed by atoms with Crippen molar-refractivity contribution in [3.8, 4) is 0 Å². The SMILES string of the molecule is Cc1ccccc1C(=O)Nc1ccc(C(=O)N2CCCC(NCCN(C)C)c3ccccc32)c(Cl)c1. The van der Waals surface area contributed by atoms with Gasteiger partial charge in [-0.3, -0.25) is 9.59 Å². The van der Waals surface area contributed by atoms with E-state index < -0.39 is 0 Å². The maximum atomic E-state index is 13.7. The topological polar surface area (TPSA) is 64.7 Å². The van der Waals surface area contributed by atoms with Gasteiger partial charge in [-0.2, -0.15) is 0 Å². The summed E-state index contributed by atoms with van der Waals surface area (Å²) in [5.74, 6) is -0.351. The molecule has 1 aliphatic heterocycles. The number of hydrogen-bond donors (Lipinski definition) is 2. The lowest BCUT2D eigenvalue weighted by molar-refractivity contribution is 0.0986. The molecule has 0 fully saturated rings. The maximum absolute atomic E-state index is 13.7. The van der Waals surface area contributed by atoms with E-state index in [0.717, 1.165) is 42.7 Å². The standard InChI is InChI=1S/C29H33ClN4O2/c1-20-9-4-5-10-22(20)28(35)32-21-14-15-23(25(30)19-21)29(36)34-17-8-12-26(31-16-18-33(2)3)24-11-6-7-13-27(24)34/h4-7,9-11,13-15,19,26,31H,8,12,16-18H2,1-3H3,(H,32,35). The number of carbonyl (C=O) groups is 2. The van der Waals surface area contributed by atoms with Crippen LogP contribution in [0.15, 0.2) is 66.7 Å². The quantitative estimate of drug-likeness (QED) is 0.444. The molecule has 188 valence electrons.